The number of pyridine rings is 1. The number of nitrogens with two attached hydrogens (primary N) is 1. The highest BCUT2D eigenvalue weighted by molar-refractivity contribution is 5.38. The highest BCUT2D eigenvalue weighted by Crippen LogP contribution is 2.05. The van der Waals surface area contributed by atoms with Crippen LogP contribution in [0.1, 0.15) is 5.69 Å². The second kappa shape index (κ2) is 2.31. The van der Waals surface area contributed by atoms with Crippen LogP contribution in [0, 0.1) is 17.1 Å². The monoisotopic (exact) mass is 137 g/mol. The molecule has 1 aromatic rings. The zero-order valence-corrected chi connectivity index (χ0v) is 5.00. The van der Waals surface area contributed by atoms with Gasteiger partial charge in [-0.3, -0.25) is 0 Å². The van der Waals surface area contributed by atoms with E-state index in [9.17, 15) is 4.39 Å². The molecule has 0 saturated carbocycles. The smallest absolute Gasteiger partial charge is 0.176 e. The lowest BCUT2D eigenvalue weighted by Crippen LogP contribution is -1.92. The van der Waals surface area contributed by atoms with Crippen LogP contribution < -0.4 is 5.73 Å². The molecule has 0 atom stereocenters. The van der Waals surface area contributed by atoms with Crippen molar-refractivity contribution in [3.63, 3.8) is 0 Å². The van der Waals surface area contributed by atoms with Gasteiger partial charge >= 0.3 is 0 Å². The molecule has 0 aromatic carbocycles. The molecule has 0 fully saturated rings. The van der Waals surface area contributed by atoms with Gasteiger partial charge in [0.05, 0.1) is 11.9 Å². The fraction of sp³-hybridized carbons (Fsp3) is 0. The molecule has 0 saturated heterocycles. The highest BCUT2D eigenvalue weighted by Gasteiger charge is 2.00. The summed E-state index contributed by atoms with van der Waals surface area (Å²) in [6, 6.07) is 2.64. The van der Waals surface area contributed by atoms with E-state index in [-0.39, 0.29) is 11.4 Å². The predicted octanol–water partition coefficient (Wildman–Crippen LogP) is 0.675. The van der Waals surface area contributed by atoms with Crippen molar-refractivity contribution in [1.29, 1.82) is 5.26 Å². The molecule has 0 amide bonds. The van der Waals surface area contributed by atoms with E-state index in [0.29, 0.717) is 0 Å². The third-order valence-electron chi connectivity index (χ3n) is 0.968. The third kappa shape index (κ3) is 1.03. The maximum atomic E-state index is 12.5. The molecular formula is C6H4FN3. The third-order valence-corrected chi connectivity index (χ3v) is 0.968. The zero-order valence-electron chi connectivity index (χ0n) is 5.00. The molecule has 2 N–H and O–H groups in total. The minimum Gasteiger partial charge on any atom is -0.397 e. The van der Waals surface area contributed by atoms with Crippen LogP contribution in [0.5, 0.6) is 0 Å². The molecule has 0 radical (unpaired) electrons. The average Bonchev–Trinajstić information content (AvgIpc) is 1.88. The van der Waals surface area contributed by atoms with E-state index >= 15 is 0 Å². The van der Waals surface area contributed by atoms with Crippen molar-refractivity contribution in [2.75, 3.05) is 5.73 Å². The maximum Gasteiger partial charge on any atom is 0.176 e. The molecule has 0 unspecified atom stereocenters. The fourth-order valence-electron chi connectivity index (χ4n) is 0.535. The van der Waals surface area contributed by atoms with Gasteiger partial charge in [0.2, 0.25) is 0 Å². The van der Waals surface area contributed by atoms with Gasteiger partial charge in [0.25, 0.3) is 0 Å². The Morgan fingerprint density at radius 2 is 2.40 bits per heavy atom. The van der Waals surface area contributed by atoms with Crippen LogP contribution in [0.2, 0.25) is 0 Å². The number of halogens is 1. The van der Waals surface area contributed by atoms with Crippen LogP contribution in [-0.4, -0.2) is 4.98 Å². The number of nitrogen functional groups attached to an aromatic ring is 1. The standard InChI is InChI=1S/C6H4FN3/c7-5-1-4(9)3-10-6(5)2-8/h1,3H,9H2. The number of rotatable bonds is 0. The number of aromatic nitrogens is 1. The summed E-state index contributed by atoms with van der Waals surface area (Å²) in [5.41, 5.74) is 5.16. The zero-order chi connectivity index (χ0) is 7.56. The second-order valence-electron chi connectivity index (χ2n) is 1.71. The number of hydrogen-bond donors (Lipinski definition) is 1. The van der Waals surface area contributed by atoms with E-state index in [1.807, 2.05) is 0 Å². The number of anilines is 1. The van der Waals surface area contributed by atoms with E-state index in [4.69, 9.17) is 11.0 Å². The van der Waals surface area contributed by atoms with Crippen molar-refractivity contribution in [2.24, 2.45) is 0 Å². The van der Waals surface area contributed by atoms with E-state index in [1.165, 1.54) is 6.20 Å². The number of nitriles is 1. The summed E-state index contributed by atoms with van der Waals surface area (Å²) in [6.45, 7) is 0. The van der Waals surface area contributed by atoms with Gasteiger partial charge in [0.1, 0.15) is 6.07 Å². The Morgan fingerprint density at radius 1 is 1.70 bits per heavy atom. The van der Waals surface area contributed by atoms with Crippen molar-refractivity contribution in [2.45, 2.75) is 0 Å². The van der Waals surface area contributed by atoms with Crippen LogP contribution in [0.4, 0.5) is 10.1 Å². The van der Waals surface area contributed by atoms with E-state index in [1.54, 1.807) is 6.07 Å². The van der Waals surface area contributed by atoms with Crippen molar-refractivity contribution in [3.8, 4) is 6.07 Å². The lowest BCUT2D eigenvalue weighted by molar-refractivity contribution is 0.617. The van der Waals surface area contributed by atoms with Gasteiger partial charge in [-0.2, -0.15) is 5.26 Å². The molecule has 4 heteroatoms. The fourth-order valence-corrected chi connectivity index (χ4v) is 0.535. The van der Waals surface area contributed by atoms with E-state index in [0.717, 1.165) is 6.07 Å². The maximum absolute atomic E-state index is 12.5. The van der Waals surface area contributed by atoms with Crippen LogP contribution in [0.15, 0.2) is 12.3 Å². The predicted molar refractivity (Wildman–Crippen MR) is 33.3 cm³/mol. The summed E-state index contributed by atoms with van der Waals surface area (Å²) >= 11 is 0. The molecule has 0 spiro atoms. The van der Waals surface area contributed by atoms with Crippen molar-refractivity contribution in [1.82, 2.24) is 4.98 Å². The van der Waals surface area contributed by atoms with Gasteiger partial charge in [0.15, 0.2) is 11.5 Å². The highest BCUT2D eigenvalue weighted by atomic mass is 19.1. The Kier molecular flexibility index (Phi) is 1.50. The van der Waals surface area contributed by atoms with Gasteiger partial charge < -0.3 is 5.73 Å². The summed E-state index contributed by atoms with van der Waals surface area (Å²) < 4.78 is 12.5. The Bertz CT molecular complexity index is 290. The molecular weight excluding hydrogens is 133 g/mol. The second-order valence-corrected chi connectivity index (χ2v) is 1.71. The summed E-state index contributed by atoms with van der Waals surface area (Å²) in [7, 11) is 0. The molecule has 50 valence electrons. The molecule has 0 aliphatic heterocycles. The summed E-state index contributed by atoms with van der Waals surface area (Å²) in [5.74, 6) is -0.678. The van der Waals surface area contributed by atoms with Crippen LogP contribution in [0.3, 0.4) is 0 Å². The minimum absolute atomic E-state index is 0.219. The number of nitrogens with zero attached hydrogens (tertiary/aromatic N) is 2. The minimum atomic E-state index is -0.678. The lowest BCUT2D eigenvalue weighted by Gasteiger charge is -1.92. The van der Waals surface area contributed by atoms with Gasteiger partial charge in [-0.05, 0) is 0 Å². The molecule has 0 aliphatic rings. The van der Waals surface area contributed by atoms with Crippen LogP contribution in [-0.2, 0) is 0 Å². The first kappa shape index (κ1) is 6.49. The van der Waals surface area contributed by atoms with Crippen LogP contribution in [0.25, 0.3) is 0 Å². The first-order valence-electron chi connectivity index (χ1n) is 2.55. The molecule has 1 rings (SSSR count). The first-order chi connectivity index (χ1) is 4.74. The largest absolute Gasteiger partial charge is 0.397 e. The van der Waals surface area contributed by atoms with Crippen LogP contribution >= 0.6 is 0 Å². The number of hydrogen-bond acceptors (Lipinski definition) is 3. The van der Waals surface area contributed by atoms with Crippen molar-refractivity contribution >= 4 is 5.69 Å². The van der Waals surface area contributed by atoms with Gasteiger partial charge in [0, 0.05) is 6.07 Å². The normalized spacial score (nSPS) is 8.80. The Balaban J connectivity index is 3.23. The topological polar surface area (TPSA) is 62.7 Å². The quantitative estimate of drug-likeness (QED) is 0.571. The molecule has 0 aliphatic carbocycles. The molecule has 0 bridgehead atoms. The van der Waals surface area contributed by atoms with Crippen molar-refractivity contribution in [3.05, 3.63) is 23.8 Å². The summed E-state index contributed by atoms with van der Waals surface area (Å²) in [5, 5.41) is 8.22. The first-order valence-corrected chi connectivity index (χ1v) is 2.55. The van der Waals surface area contributed by atoms with E-state index < -0.39 is 5.82 Å². The Labute approximate surface area is 56.9 Å². The van der Waals surface area contributed by atoms with Gasteiger partial charge in [-0.1, -0.05) is 0 Å². The summed E-state index contributed by atoms with van der Waals surface area (Å²) in [6.07, 6.45) is 1.24. The molecule has 1 heterocycles. The SMILES string of the molecule is N#Cc1ncc(N)cc1F. The Morgan fingerprint density at radius 3 is 2.90 bits per heavy atom. The molecule has 10 heavy (non-hydrogen) atoms. The van der Waals surface area contributed by atoms with Gasteiger partial charge in [-0.15, -0.1) is 0 Å². The van der Waals surface area contributed by atoms with E-state index in [2.05, 4.69) is 4.98 Å². The van der Waals surface area contributed by atoms with Gasteiger partial charge in [-0.25, -0.2) is 9.37 Å². The lowest BCUT2D eigenvalue weighted by atomic mass is 10.3. The summed E-state index contributed by atoms with van der Waals surface area (Å²) in [4.78, 5) is 3.44. The van der Waals surface area contributed by atoms with Crippen molar-refractivity contribution < 1.29 is 4.39 Å². The average molecular weight is 137 g/mol. The molecule has 3 nitrogen and oxygen atoms in total. The molecule has 1 aromatic heterocycles. The Hall–Kier alpha value is -1.63.